The summed E-state index contributed by atoms with van der Waals surface area (Å²) in [5, 5.41) is 3.97. The lowest BCUT2D eigenvalue weighted by molar-refractivity contribution is -0.617. The zero-order valence-corrected chi connectivity index (χ0v) is 17.0. The van der Waals surface area contributed by atoms with Crippen molar-refractivity contribution in [2.75, 3.05) is 38.3 Å². The van der Waals surface area contributed by atoms with E-state index in [1.54, 1.807) is 7.11 Å². The van der Waals surface area contributed by atoms with Gasteiger partial charge in [0.2, 0.25) is 0 Å². The first-order valence-electron chi connectivity index (χ1n) is 10.2. The number of nitrogens with zero attached hydrogens (tertiary/aromatic N) is 3. The van der Waals surface area contributed by atoms with Crippen LogP contribution in [0.25, 0.3) is 38.2 Å². The molecule has 6 rings (SSSR count). The van der Waals surface area contributed by atoms with Gasteiger partial charge in [-0.15, -0.1) is 0 Å². The Bertz CT molecular complexity index is 1500. The maximum atomic E-state index is 13.7. The number of aromatic nitrogens is 2. The first-order chi connectivity index (χ1) is 14.7. The van der Waals surface area contributed by atoms with E-state index in [0.29, 0.717) is 0 Å². The number of aryl methyl sites for hydroxylation is 1. The molecule has 30 heavy (non-hydrogen) atoms. The van der Waals surface area contributed by atoms with Crippen LogP contribution in [-0.4, -0.2) is 37.8 Å². The summed E-state index contributed by atoms with van der Waals surface area (Å²) in [4.78, 5) is 16.0. The van der Waals surface area contributed by atoms with Crippen LogP contribution in [0.5, 0.6) is 5.75 Å². The summed E-state index contributed by atoms with van der Waals surface area (Å²) in [6.07, 6.45) is 0. The highest BCUT2D eigenvalue weighted by Gasteiger charge is 2.26. The number of anilines is 1. The van der Waals surface area contributed by atoms with Crippen molar-refractivity contribution in [2.24, 2.45) is 7.05 Å². The summed E-state index contributed by atoms with van der Waals surface area (Å²) >= 11 is 0. The third-order valence-corrected chi connectivity index (χ3v) is 6.36. The van der Waals surface area contributed by atoms with Gasteiger partial charge >= 0.3 is 5.56 Å². The number of imidazole rings is 1. The fraction of sp³-hybridized carbons (Fsp3) is 0.250. The van der Waals surface area contributed by atoms with Crippen LogP contribution in [0.3, 0.4) is 0 Å². The molecule has 3 aromatic carbocycles. The minimum Gasteiger partial charge on any atom is -0.497 e. The molecule has 1 saturated heterocycles. The molecular formula is C24H22N3O3+. The molecule has 6 nitrogen and oxygen atoms in total. The normalized spacial score (nSPS) is 15.1. The van der Waals surface area contributed by atoms with Gasteiger partial charge in [0.05, 0.1) is 38.1 Å². The van der Waals surface area contributed by atoms with Crippen molar-refractivity contribution in [1.82, 2.24) is 4.40 Å². The molecule has 5 aromatic rings. The summed E-state index contributed by atoms with van der Waals surface area (Å²) in [6.45, 7) is 3.18. The summed E-state index contributed by atoms with van der Waals surface area (Å²) < 4.78 is 14.9. The maximum Gasteiger partial charge on any atom is 0.347 e. The molecule has 0 spiro atoms. The molecule has 0 aliphatic carbocycles. The Balaban J connectivity index is 1.79. The van der Waals surface area contributed by atoms with E-state index < -0.39 is 0 Å². The highest BCUT2D eigenvalue weighted by molar-refractivity contribution is 6.18. The molecule has 0 bridgehead atoms. The van der Waals surface area contributed by atoms with E-state index in [-0.39, 0.29) is 5.56 Å². The second kappa shape index (κ2) is 6.31. The molecule has 1 aliphatic rings. The van der Waals surface area contributed by atoms with E-state index in [2.05, 4.69) is 33.7 Å². The minimum absolute atomic E-state index is 0.00100. The quantitative estimate of drug-likeness (QED) is 0.428. The lowest BCUT2D eigenvalue weighted by Crippen LogP contribution is -2.36. The van der Waals surface area contributed by atoms with Crippen LogP contribution in [0.1, 0.15) is 0 Å². The zero-order valence-electron chi connectivity index (χ0n) is 17.0. The molecule has 0 atom stereocenters. The van der Waals surface area contributed by atoms with Gasteiger partial charge in [-0.05, 0) is 30.3 Å². The number of benzene rings is 3. The third-order valence-electron chi connectivity index (χ3n) is 6.36. The van der Waals surface area contributed by atoms with E-state index in [0.717, 1.165) is 70.3 Å². The van der Waals surface area contributed by atoms with Gasteiger partial charge in [0.25, 0.3) is 5.65 Å². The van der Waals surface area contributed by atoms with Crippen LogP contribution in [0, 0.1) is 0 Å². The number of rotatable bonds is 2. The van der Waals surface area contributed by atoms with Crippen LogP contribution in [0.15, 0.2) is 53.3 Å². The highest BCUT2D eigenvalue weighted by Crippen LogP contribution is 2.35. The SMILES string of the molecule is COc1ccc2c(c1)n1c(=O)c3ccc(N4CCOCC4)c4cccc(c43)c1[n+]2C. The summed E-state index contributed by atoms with van der Waals surface area (Å²) in [6, 6.07) is 16.3. The number of pyridine rings is 1. The van der Waals surface area contributed by atoms with Crippen molar-refractivity contribution in [3.63, 3.8) is 0 Å². The van der Waals surface area contributed by atoms with E-state index in [1.807, 2.05) is 35.7 Å². The van der Waals surface area contributed by atoms with Gasteiger partial charge in [-0.1, -0.05) is 12.1 Å². The molecule has 0 saturated carbocycles. The van der Waals surface area contributed by atoms with Gasteiger partial charge in [0.1, 0.15) is 5.75 Å². The Hall–Kier alpha value is -3.38. The van der Waals surface area contributed by atoms with Crippen molar-refractivity contribution in [3.8, 4) is 5.75 Å². The highest BCUT2D eigenvalue weighted by atomic mass is 16.5. The average molecular weight is 400 g/mol. The number of hydrogen-bond donors (Lipinski definition) is 0. The van der Waals surface area contributed by atoms with Crippen molar-refractivity contribution in [2.45, 2.75) is 0 Å². The smallest absolute Gasteiger partial charge is 0.347 e. The van der Waals surface area contributed by atoms with Crippen molar-refractivity contribution in [3.05, 3.63) is 58.9 Å². The number of fused-ring (bicyclic) bond motifs is 4. The number of methoxy groups -OCH3 is 1. The third kappa shape index (κ3) is 2.22. The van der Waals surface area contributed by atoms with E-state index in [4.69, 9.17) is 9.47 Å². The molecule has 0 radical (unpaired) electrons. The Morgan fingerprint density at radius 2 is 1.80 bits per heavy atom. The van der Waals surface area contributed by atoms with Crippen molar-refractivity contribution < 1.29 is 14.0 Å². The van der Waals surface area contributed by atoms with Crippen LogP contribution >= 0.6 is 0 Å². The molecule has 1 aliphatic heterocycles. The van der Waals surface area contributed by atoms with Crippen LogP contribution in [0.4, 0.5) is 5.69 Å². The number of hydrogen-bond acceptors (Lipinski definition) is 4. The van der Waals surface area contributed by atoms with Gasteiger partial charge in [0.15, 0.2) is 11.0 Å². The second-order valence-electron chi connectivity index (χ2n) is 7.84. The molecule has 0 unspecified atom stereocenters. The predicted molar refractivity (Wildman–Crippen MR) is 118 cm³/mol. The lowest BCUT2D eigenvalue weighted by Gasteiger charge is -2.30. The molecule has 2 aromatic heterocycles. The van der Waals surface area contributed by atoms with E-state index in [9.17, 15) is 4.79 Å². The van der Waals surface area contributed by atoms with E-state index in [1.165, 1.54) is 5.69 Å². The average Bonchev–Trinajstić information content (AvgIpc) is 3.09. The summed E-state index contributed by atoms with van der Waals surface area (Å²) in [5.74, 6) is 0.739. The molecule has 3 heterocycles. The number of morpholine rings is 1. The monoisotopic (exact) mass is 400 g/mol. The topological polar surface area (TPSA) is 47.1 Å². The molecule has 6 heteroatoms. The Morgan fingerprint density at radius 1 is 1.00 bits per heavy atom. The first-order valence-corrected chi connectivity index (χ1v) is 10.2. The van der Waals surface area contributed by atoms with Gasteiger partial charge in [-0.2, -0.15) is 4.40 Å². The van der Waals surface area contributed by atoms with Crippen LogP contribution in [0.2, 0.25) is 0 Å². The van der Waals surface area contributed by atoms with Crippen molar-refractivity contribution in [1.29, 1.82) is 0 Å². The molecule has 1 fully saturated rings. The Morgan fingerprint density at radius 3 is 2.60 bits per heavy atom. The largest absolute Gasteiger partial charge is 0.497 e. The zero-order chi connectivity index (χ0) is 20.4. The fourth-order valence-electron chi connectivity index (χ4n) is 4.93. The van der Waals surface area contributed by atoms with Crippen LogP contribution in [-0.2, 0) is 11.8 Å². The van der Waals surface area contributed by atoms with Gasteiger partial charge in [-0.25, -0.2) is 9.36 Å². The van der Waals surface area contributed by atoms with Crippen LogP contribution < -0.4 is 19.8 Å². The fourth-order valence-corrected chi connectivity index (χ4v) is 4.93. The van der Waals surface area contributed by atoms with Crippen molar-refractivity contribution >= 4 is 43.9 Å². The van der Waals surface area contributed by atoms with Gasteiger partial charge < -0.3 is 14.4 Å². The molecule has 0 N–H and O–H groups in total. The molecular weight excluding hydrogens is 378 g/mol. The maximum absolute atomic E-state index is 13.7. The first kappa shape index (κ1) is 17.5. The summed E-state index contributed by atoms with van der Waals surface area (Å²) in [5.41, 5.74) is 3.93. The number of ether oxygens (including phenoxy) is 2. The minimum atomic E-state index is 0.00100. The lowest BCUT2D eigenvalue weighted by atomic mass is 10.00. The van der Waals surface area contributed by atoms with Gasteiger partial charge in [0, 0.05) is 35.6 Å². The molecule has 0 amide bonds. The molecule has 150 valence electrons. The Kier molecular flexibility index (Phi) is 3.67. The second-order valence-corrected chi connectivity index (χ2v) is 7.84. The Labute approximate surface area is 172 Å². The summed E-state index contributed by atoms with van der Waals surface area (Å²) in [7, 11) is 3.66. The van der Waals surface area contributed by atoms with E-state index >= 15 is 0 Å². The standard InChI is InChI=1S/C24H22N3O3/c1-25-20-8-6-15(29-2)14-21(20)27-23(25)17-5-3-4-16-19(26-10-12-30-13-11-26)9-7-18(22(16)17)24(27)28/h3-9,14H,10-13H2,1-2H3/q+1. The predicted octanol–water partition coefficient (Wildman–Crippen LogP) is 2.87. The van der Waals surface area contributed by atoms with Gasteiger partial charge in [-0.3, -0.25) is 0 Å².